The fraction of sp³-hybridized carbons (Fsp3) is 0.235. The molecule has 0 spiro atoms. The van der Waals surface area contributed by atoms with E-state index < -0.39 is 0 Å². The molecule has 0 bridgehead atoms. The summed E-state index contributed by atoms with van der Waals surface area (Å²) < 4.78 is 1.71. The van der Waals surface area contributed by atoms with Crippen LogP contribution in [0.1, 0.15) is 16.7 Å². The molecule has 0 atom stereocenters. The van der Waals surface area contributed by atoms with E-state index in [1.165, 1.54) is 11.8 Å². The van der Waals surface area contributed by atoms with E-state index in [2.05, 4.69) is 9.97 Å². The molecule has 1 aromatic carbocycles. The zero-order chi connectivity index (χ0) is 15.9. The number of benzene rings is 1. The van der Waals surface area contributed by atoms with Crippen molar-refractivity contribution in [1.29, 1.82) is 0 Å². The van der Waals surface area contributed by atoms with E-state index in [0.717, 1.165) is 27.9 Å². The molecule has 0 saturated heterocycles. The van der Waals surface area contributed by atoms with Crippen molar-refractivity contribution in [3.8, 4) is 5.69 Å². The van der Waals surface area contributed by atoms with Gasteiger partial charge in [-0.2, -0.15) is 0 Å². The van der Waals surface area contributed by atoms with Gasteiger partial charge in [0, 0.05) is 12.4 Å². The SMILES string of the molecule is CSc1ncc2c(=O)n(-c3c(C)cccc3C)cc(C)c2n1. The molecule has 0 aliphatic rings. The van der Waals surface area contributed by atoms with E-state index in [9.17, 15) is 4.79 Å². The van der Waals surface area contributed by atoms with E-state index in [-0.39, 0.29) is 5.56 Å². The van der Waals surface area contributed by atoms with Crippen LogP contribution in [0.4, 0.5) is 0 Å². The first-order chi connectivity index (χ1) is 10.5. The third-order valence-electron chi connectivity index (χ3n) is 3.78. The number of fused-ring (bicyclic) bond motifs is 1. The van der Waals surface area contributed by atoms with Gasteiger partial charge in [-0.15, -0.1) is 0 Å². The molecule has 5 heteroatoms. The smallest absolute Gasteiger partial charge is 0.266 e. The van der Waals surface area contributed by atoms with Crippen molar-refractivity contribution in [1.82, 2.24) is 14.5 Å². The first-order valence-electron chi connectivity index (χ1n) is 7.02. The lowest BCUT2D eigenvalue weighted by Crippen LogP contribution is -2.21. The van der Waals surface area contributed by atoms with Crippen LogP contribution in [0.2, 0.25) is 0 Å². The van der Waals surface area contributed by atoms with Crippen molar-refractivity contribution in [2.24, 2.45) is 0 Å². The maximum Gasteiger partial charge on any atom is 0.266 e. The van der Waals surface area contributed by atoms with Crippen molar-refractivity contribution < 1.29 is 0 Å². The third-order valence-corrected chi connectivity index (χ3v) is 4.34. The second-order valence-electron chi connectivity index (χ2n) is 5.35. The Bertz CT molecular complexity index is 911. The van der Waals surface area contributed by atoms with E-state index in [0.29, 0.717) is 10.5 Å². The molecule has 3 rings (SSSR count). The molecule has 2 aromatic heterocycles. The zero-order valence-electron chi connectivity index (χ0n) is 13.0. The molecule has 0 saturated carbocycles. The van der Waals surface area contributed by atoms with E-state index in [1.807, 2.05) is 51.4 Å². The fourth-order valence-electron chi connectivity index (χ4n) is 2.72. The Morgan fingerprint density at radius 3 is 2.41 bits per heavy atom. The largest absolute Gasteiger partial charge is 0.283 e. The van der Waals surface area contributed by atoms with Crippen molar-refractivity contribution in [3.63, 3.8) is 0 Å². The van der Waals surface area contributed by atoms with Gasteiger partial charge in [-0.05, 0) is 43.7 Å². The third kappa shape index (κ3) is 2.31. The summed E-state index contributed by atoms with van der Waals surface area (Å²) in [5, 5.41) is 1.24. The van der Waals surface area contributed by atoms with Crippen LogP contribution in [-0.4, -0.2) is 20.8 Å². The van der Waals surface area contributed by atoms with Crippen LogP contribution in [0.25, 0.3) is 16.6 Å². The first kappa shape index (κ1) is 14.8. The average Bonchev–Trinajstić information content (AvgIpc) is 2.51. The standard InChI is InChI=1S/C17H17N3OS/c1-10-6-5-7-11(2)15(10)20-9-12(3)14-13(16(20)21)8-18-17(19-14)22-4/h5-9H,1-4H3. The summed E-state index contributed by atoms with van der Waals surface area (Å²) in [6, 6.07) is 6.03. The molecule has 0 aliphatic carbocycles. The number of para-hydroxylation sites is 1. The molecule has 0 fully saturated rings. The van der Waals surface area contributed by atoms with Crippen molar-refractivity contribution in [2.45, 2.75) is 25.9 Å². The van der Waals surface area contributed by atoms with Gasteiger partial charge in [0.05, 0.1) is 16.6 Å². The number of pyridine rings is 1. The second-order valence-corrected chi connectivity index (χ2v) is 6.12. The van der Waals surface area contributed by atoms with Crippen LogP contribution in [0.3, 0.4) is 0 Å². The van der Waals surface area contributed by atoms with Crippen LogP contribution in [0.5, 0.6) is 0 Å². The number of hydrogen-bond acceptors (Lipinski definition) is 4. The molecule has 0 radical (unpaired) electrons. The minimum absolute atomic E-state index is 0.0781. The van der Waals surface area contributed by atoms with Gasteiger partial charge < -0.3 is 0 Å². The Kier molecular flexibility index (Phi) is 3.74. The van der Waals surface area contributed by atoms with Gasteiger partial charge in [0.15, 0.2) is 5.16 Å². The summed E-state index contributed by atoms with van der Waals surface area (Å²) in [4.78, 5) is 21.6. The monoisotopic (exact) mass is 311 g/mol. The average molecular weight is 311 g/mol. The predicted molar refractivity (Wildman–Crippen MR) is 91.1 cm³/mol. The molecule has 0 N–H and O–H groups in total. The second kappa shape index (κ2) is 5.57. The van der Waals surface area contributed by atoms with Crippen LogP contribution in [0.15, 0.2) is 40.5 Å². The van der Waals surface area contributed by atoms with Crippen LogP contribution in [0, 0.1) is 20.8 Å². The van der Waals surface area contributed by atoms with Crippen LogP contribution in [-0.2, 0) is 0 Å². The van der Waals surface area contributed by atoms with Gasteiger partial charge in [-0.25, -0.2) is 9.97 Å². The number of thioether (sulfide) groups is 1. The molecular formula is C17H17N3OS. The van der Waals surface area contributed by atoms with Gasteiger partial charge in [-0.1, -0.05) is 30.0 Å². The van der Waals surface area contributed by atoms with Crippen LogP contribution >= 0.6 is 11.8 Å². The highest BCUT2D eigenvalue weighted by Gasteiger charge is 2.13. The predicted octanol–water partition coefficient (Wildman–Crippen LogP) is 3.43. The molecule has 0 amide bonds. The minimum Gasteiger partial charge on any atom is -0.283 e. The number of aryl methyl sites for hydroxylation is 3. The maximum atomic E-state index is 12.9. The summed E-state index contributed by atoms with van der Waals surface area (Å²) in [5.41, 5.74) is 4.70. The molecule has 3 aromatic rings. The topological polar surface area (TPSA) is 47.8 Å². The summed E-state index contributed by atoms with van der Waals surface area (Å²) >= 11 is 1.47. The van der Waals surface area contributed by atoms with E-state index in [1.54, 1.807) is 10.8 Å². The van der Waals surface area contributed by atoms with Gasteiger partial charge in [0.1, 0.15) is 0 Å². The molecule has 4 nitrogen and oxygen atoms in total. The number of rotatable bonds is 2. The Balaban J connectivity index is 2.38. The van der Waals surface area contributed by atoms with Crippen molar-refractivity contribution >= 4 is 22.7 Å². The Morgan fingerprint density at radius 1 is 1.09 bits per heavy atom. The molecular weight excluding hydrogens is 294 g/mol. The molecule has 0 aliphatic heterocycles. The maximum absolute atomic E-state index is 12.9. The number of hydrogen-bond donors (Lipinski definition) is 0. The lowest BCUT2D eigenvalue weighted by atomic mass is 10.1. The Morgan fingerprint density at radius 2 is 1.77 bits per heavy atom. The van der Waals surface area contributed by atoms with Gasteiger partial charge in [0.25, 0.3) is 5.56 Å². The summed E-state index contributed by atoms with van der Waals surface area (Å²) in [5.74, 6) is 0. The summed E-state index contributed by atoms with van der Waals surface area (Å²) in [7, 11) is 0. The van der Waals surface area contributed by atoms with Crippen molar-refractivity contribution in [3.05, 3.63) is 57.6 Å². The Labute approximate surface area is 133 Å². The zero-order valence-corrected chi connectivity index (χ0v) is 13.9. The number of aromatic nitrogens is 3. The summed E-state index contributed by atoms with van der Waals surface area (Å²) in [6.07, 6.45) is 5.43. The lowest BCUT2D eigenvalue weighted by molar-refractivity contribution is 0.944. The quantitative estimate of drug-likeness (QED) is 0.537. The van der Waals surface area contributed by atoms with Gasteiger partial charge in [0.2, 0.25) is 0 Å². The molecule has 2 heterocycles. The first-order valence-corrected chi connectivity index (χ1v) is 8.25. The molecule has 22 heavy (non-hydrogen) atoms. The highest BCUT2D eigenvalue weighted by atomic mass is 32.2. The fourth-order valence-corrected chi connectivity index (χ4v) is 3.06. The highest BCUT2D eigenvalue weighted by molar-refractivity contribution is 7.98. The molecule has 0 unspecified atom stereocenters. The van der Waals surface area contributed by atoms with Crippen LogP contribution < -0.4 is 5.56 Å². The normalized spacial score (nSPS) is 11.1. The minimum atomic E-state index is -0.0781. The highest BCUT2D eigenvalue weighted by Crippen LogP contribution is 2.21. The lowest BCUT2D eigenvalue weighted by Gasteiger charge is -2.14. The molecule has 112 valence electrons. The van der Waals surface area contributed by atoms with Gasteiger partial charge >= 0.3 is 0 Å². The van der Waals surface area contributed by atoms with Crippen molar-refractivity contribution in [2.75, 3.05) is 6.26 Å². The summed E-state index contributed by atoms with van der Waals surface area (Å²) in [6.45, 7) is 6.01. The number of nitrogens with zero attached hydrogens (tertiary/aromatic N) is 3. The van der Waals surface area contributed by atoms with E-state index >= 15 is 0 Å². The Hall–Kier alpha value is -2.14. The van der Waals surface area contributed by atoms with Gasteiger partial charge in [-0.3, -0.25) is 9.36 Å². The van der Waals surface area contributed by atoms with E-state index in [4.69, 9.17) is 0 Å².